The topological polar surface area (TPSA) is 75.4 Å². The Bertz CT molecular complexity index is 1110. The van der Waals surface area contributed by atoms with Crippen molar-refractivity contribution in [1.29, 1.82) is 0 Å². The van der Waals surface area contributed by atoms with Crippen molar-refractivity contribution in [3.05, 3.63) is 71.7 Å². The van der Waals surface area contributed by atoms with E-state index < -0.39 is 15.8 Å². The molecule has 2 heterocycles. The number of hydrogen-bond donors (Lipinski definition) is 1. The number of nitrogens with zero attached hydrogens (tertiary/aromatic N) is 2. The molecule has 30 heavy (non-hydrogen) atoms. The molecule has 1 aliphatic heterocycles. The highest BCUT2D eigenvalue weighted by Gasteiger charge is 2.23. The van der Waals surface area contributed by atoms with Gasteiger partial charge in [-0.15, -0.1) is 0 Å². The van der Waals surface area contributed by atoms with Gasteiger partial charge in [0, 0.05) is 11.6 Å². The zero-order chi connectivity index (χ0) is 21.1. The summed E-state index contributed by atoms with van der Waals surface area (Å²) < 4.78 is 44.6. The van der Waals surface area contributed by atoms with Crippen LogP contribution in [0.1, 0.15) is 30.1 Å². The molecule has 1 saturated heterocycles. The summed E-state index contributed by atoms with van der Waals surface area (Å²) in [4.78, 5) is 2.31. The predicted molar refractivity (Wildman–Crippen MR) is 114 cm³/mol. The molecule has 0 spiro atoms. The van der Waals surface area contributed by atoms with Gasteiger partial charge in [0.2, 0.25) is 10.0 Å². The maximum atomic E-state index is 13.9. The van der Waals surface area contributed by atoms with Gasteiger partial charge in [-0.3, -0.25) is 9.62 Å². The van der Waals surface area contributed by atoms with Crippen LogP contribution >= 0.6 is 0 Å². The van der Waals surface area contributed by atoms with Crippen LogP contribution in [-0.4, -0.2) is 37.8 Å². The number of hydrogen-bond acceptors (Lipinski definition) is 5. The van der Waals surface area contributed by atoms with Gasteiger partial charge >= 0.3 is 0 Å². The van der Waals surface area contributed by atoms with E-state index in [4.69, 9.17) is 4.52 Å². The molecule has 6 nitrogen and oxygen atoms in total. The SMILES string of the molecule is CS(=O)(=O)Nc1cc(C2CCN(Cc3cc(-c4ccccc4)no3)CC2)ccc1F. The lowest BCUT2D eigenvalue weighted by molar-refractivity contribution is 0.184. The summed E-state index contributed by atoms with van der Waals surface area (Å²) in [6, 6.07) is 16.6. The lowest BCUT2D eigenvalue weighted by atomic mass is 9.89. The fourth-order valence-corrected chi connectivity index (χ4v) is 4.41. The van der Waals surface area contributed by atoms with Crippen LogP contribution in [0, 0.1) is 5.82 Å². The largest absolute Gasteiger partial charge is 0.359 e. The van der Waals surface area contributed by atoms with Gasteiger partial charge in [-0.25, -0.2) is 12.8 Å². The summed E-state index contributed by atoms with van der Waals surface area (Å²) in [6.07, 6.45) is 2.83. The molecule has 1 N–H and O–H groups in total. The zero-order valence-electron chi connectivity index (χ0n) is 16.7. The van der Waals surface area contributed by atoms with E-state index >= 15 is 0 Å². The summed E-state index contributed by atoms with van der Waals surface area (Å²) in [6.45, 7) is 2.44. The number of aromatic nitrogens is 1. The molecule has 0 amide bonds. The van der Waals surface area contributed by atoms with Crippen molar-refractivity contribution in [2.24, 2.45) is 0 Å². The minimum Gasteiger partial charge on any atom is -0.359 e. The Hall–Kier alpha value is -2.71. The Labute approximate surface area is 175 Å². The number of likely N-dealkylation sites (tertiary alicyclic amines) is 1. The van der Waals surface area contributed by atoms with Crippen molar-refractivity contribution in [2.45, 2.75) is 25.3 Å². The number of halogens is 1. The van der Waals surface area contributed by atoms with Gasteiger partial charge in [0.05, 0.1) is 18.5 Å². The molecule has 1 fully saturated rings. The third kappa shape index (κ3) is 5.06. The summed E-state index contributed by atoms with van der Waals surface area (Å²) in [5, 5.41) is 4.17. The van der Waals surface area contributed by atoms with E-state index in [0.29, 0.717) is 6.54 Å². The summed E-state index contributed by atoms with van der Waals surface area (Å²) >= 11 is 0. The molecule has 4 rings (SSSR count). The number of nitrogens with one attached hydrogen (secondary N) is 1. The Kier molecular flexibility index (Phi) is 5.87. The molecular weight excluding hydrogens is 405 g/mol. The van der Waals surface area contributed by atoms with E-state index in [0.717, 1.165) is 54.8 Å². The second-order valence-electron chi connectivity index (χ2n) is 7.71. The van der Waals surface area contributed by atoms with Crippen molar-refractivity contribution in [3.63, 3.8) is 0 Å². The van der Waals surface area contributed by atoms with Gasteiger partial charge in [-0.05, 0) is 49.5 Å². The molecule has 3 aromatic rings. The smallest absolute Gasteiger partial charge is 0.229 e. The van der Waals surface area contributed by atoms with E-state index in [-0.39, 0.29) is 11.6 Å². The lowest BCUT2D eigenvalue weighted by Crippen LogP contribution is -2.32. The highest BCUT2D eigenvalue weighted by Crippen LogP contribution is 2.31. The average Bonchev–Trinajstić information content (AvgIpc) is 3.18. The maximum absolute atomic E-state index is 13.9. The molecule has 0 radical (unpaired) electrons. The van der Waals surface area contributed by atoms with E-state index in [9.17, 15) is 12.8 Å². The summed E-state index contributed by atoms with van der Waals surface area (Å²) in [7, 11) is -3.52. The number of anilines is 1. The summed E-state index contributed by atoms with van der Waals surface area (Å²) in [5.74, 6) is 0.520. The minimum atomic E-state index is -3.52. The van der Waals surface area contributed by atoms with Crippen LogP contribution in [0.3, 0.4) is 0 Å². The monoisotopic (exact) mass is 429 g/mol. The van der Waals surface area contributed by atoms with Crippen LogP contribution < -0.4 is 4.72 Å². The van der Waals surface area contributed by atoms with Crippen LogP contribution in [0.5, 0.6) is 0 Å². The first-order valence-electron chi connectivity index (χ1n) is 9.88. The maximum Gasteiger partial charge on any atom is 0.229 e. The molecule has 8 heteroatoms. The molecule has 0 unspecified atom stereocenters. The van der Waals surface area contributed by atoms with Gasteiger partial charge < -0.3 is 4.52 Å². The second-order valence-corrected chi connectivity index (χ2v) is 9.46. The molecular formula is C22H24FN3O3S. The molecule has 0 bridgehead atoms. The third-order valence-electron chi connectivity index (χ3n) is 5.35. The molecule has 0 atom stereocenters. The van der Waals surface area contributed by atoms with Gasteiger partial charge in [-0.1, -0.05) is 41.6 Å². The van der Waals surface area contributed by atoms with Crippen LogP contribution in [0.15, 0.2) is 59.1 Å². The first-order chi connectivity index (χ1) is 14.4. The van der Waals surface area contributed by atoms with E-state index in [2.05, 4.69) is 14.8 Å². The van der Waals surface area contributed by atoms with E-state index in [1.807, 2.05) is 36.4 Å². The Balaban J connectivity index is 1.37. The van der Waals surface area contributed by atoms with Gasteiger partial charge in [0.25, 0.3) is 0 Å². The zero-order valence-corrected chi connectivity index (χ0v) is 17.5. The normalized spacial score (nSPS) is 15.9. The Morgan fingerprint density at radius 1 is 1.13 bits per heavy atom. The molecule has 0 aliphatic carbocycles. The predicted octanol–water partition coefficient (Wildman–Crippen LogP) is 4.23. The van der Waals surface area contributed by atoms with Crippen LogP contribution in [0.25, 0.3) is 11.3 Å². The Morgan fingerprint density at radius 2 is 1.87 bits per heavy atom. The third-order valence-corrected chi connectivity index (χ3v) is 5.94. The number of piperidine rings is 1. The minimum absolute atomic E-state index is 0.00697. The fraction of sp³-hybridized carbons (Fsp3) is 0.318. The molecule has 1 aliphatic rings. The van der Waals surface area contributed by atoms with Crippen molar-refractivity contribution >= 4 is 15.7 Å². The fourth-order valence-electron chi connectivity index (χ4n) is 3.85. The quantitative estimate of drug-likeness (QED) is 0.635. The standard InChI is InChI=1S/C22H24FN3O3S/c1-30(27,28)25-22-13-18(7-8-20(22)23)16-9-11-26(12-10-16)15-19-14-21(24-29-19)17-5-3-2-4-6-17/h2-8,13-14,16,25H,9-12,15H2,1H3. The highest BCUT2D eigenvalue weighted by atomic mass is 32.2. The van der Waals surface area contributed by atoms with Crippen molar-refractivity contribution in [1.82, 2.24) is 10.1 Å². The number of rotatable bonds is 6. The first-order valence-corrected chi connectivity index (χ1v) is 11.8. The molecule has 158 valence electrons. The highest BCUT2D eigenvalue weighted by molar-refractivity contribution is 7.92. The average molecular weight is 430 g/mol. The number of sulfonamides is 1. The number of benzene rings is 2. The lowest BCUT2D eigenvalue weighted by Gasteiger charge is -2.31. The van der Waals surface area contributed by atoms with Crippen molar-refractivity contribution < 1.29 is 17.3 Å². The van der Waals surface area contributed by atoms with Crippen molar-refractivity contribution in [3.8, 4) is 11.3 Å². The summed E-state index contributed by atoms with van der Waals surface area (Å²) in [5.41, 5.74) is 2.82. The van der Waals surface area contributed by atoms with Gasteiger partial charge in [0.15, 0.2) is 5.76 Å². The van der Waals surface area contributed by atoms with Crippen LogP contribution in [-0.2, 0) is 16.6 Å². The van der Waals surface area contributed by atoms with Crippen LogP contribution in [0.2, 0.25) is 0 Å². The molecule has 0 saturated carbocycles. The van der Waals surface area contributed by atoms with E-state index in [1.54, 1.807) is 12.1 Å². The van der Waals surface area contributed by atoms with Gasteiger partial charge in [0.1, 0.15) is 11.5 Å². The second kappa shape index (κ2) is 8.57. The first kappa shape index (κ1) is 20.6. The Morgan fingerprint density at radius 3 is 2.57 bits per heavy atom. The molecule has 2 aromatic carbocycles. The van der Waals surface area contributed by atoms with Gasteiger partial charge in [-0.2, -0.15) is 0 Å². The molecule has 1 aromatic heterocycles. The van der Waals surface area contributed by atoms with E-state index in [1.165, 1.54) is 6.07 Å². The van der Waals surface area contributed by atoms with Crippen LogP contribution in [0.4, 0.5) is 10.1 Å². The van der Waals surface area contributed by atoms with Crippen molar-refractivity contribution in [2.75, 3.05) is 24.1 Å².